The van der Waals surface area contributed by atoms with Gasteiger partial charge in [-0.25, -0.2) is 8.78 Å². The van der Waals surface area contributed by atoms with Crippen LogP contribution in [-0.2, 0) is 4.79 Å². The average molecular weight is 521 g/mol. The van der Waals surface area contributed by atoms with E-state index in [9.17, 15) is 18.0 Å². The number of benzene rings is 1. The first-order chi connectivity index (χ1) is 16.4. The minimum Gasteiger partial charge on any atom is -0.493 e. The van der Waals surface area contributed by atoms with Crippen molar-refractivity contribution in [2.75, 3.05) is 25.5 Å². The van der Waals surface area contributed by atoms with Crippen LogP contribution in [0.5, 0.6) is 5.75 Å². The molecule has 35 heavy (non-hydrogen) atoms. The summed E-state index contributed by atoms with van der Waals surface area (Å²) in [6.45, 7) is 3.02. The van der Waals surface area contributed by atoms with Crippen LogP contribution in [0.15, 0.2) is 18.5 Å². The lowest BCUT2D eigenvalue weighted by molar-refractivity contribution is -0.138. The number of nitrogens with one attached hydrogen (secondary N) is 1. The second-order valence-electron chi connectivity index (χ2n) is 7.64. The van der Waals surface area contributed by atoms with Crippen LogP contribution in [0.4, 0.5) is 27.8 Å². The number of fused-ring (bicyclic) bond motifs is 1. The summed E-state index contributed by atoms with van der Waals surface area (Å²) in [4.78, 5) is 20.7. The molecule has 8 nitrogen and oxygen atoms in total. The lowest BCUT2D eigenvalue weighted by Crippen LogP contribution is -2.34. The predicted octanol–water partition coefficient (Wildman–Crippen LogP) is 4.72. The molecule has 0 aliphatic rings. The SMILES string of the molecule is CCC(=O)N(C)CCCOc1cc(F)c(-c2c(Cl)nc3ncnn3c2N[C@@H](C)C(F)(F)F)c(F)c1. The molecule has 0 fully saturated rings. The molecular formula is C21H22ClF5N6O2. The molecule has 0 aliphatic carbocycles. The van der Waals surface area contributed by atoms with E-state index in [2.05, 4.69) is 20.4 Å². The van der Waals surface area contributed by atoms with Crippen LogP contribution in [-0.4, -0.2) is 62.8 Å². The molecular weight excluding hydrogens is 499 g/mol. The van der Waals surface area contributed by atoms with Gasteiger partial charge in [0.15, 0.2) is 0 Å². The van der Waals surface area contributed by atoms with Crippen LogP contribution in [0, 0.1) is 11.6 Å². The van der Waals surface area contributed by atoms with Crippen molar-refractivity contribution in [1.29, 1.82) is 0 Å². The minimum atomic E-state index is -4.68. The summed E-state index contributed by atoms with van der Waals surface area (Å²) in [6, 6.07) is -0.338. The van der Waals surface area contributed by atoms with Gasteiger partial charge >= 0.3 is 6.18 Å². The molecule has 1 atom stereocenters. The molecule has 0 saturated carbocycles. The Hall–Kier alpha value is -3.22. The maximum Gasteiger partial charge on any atom is 0.408 e. The van der Waals surface area contributed by atoms with Crippen LogP contribution in [0.3, 0.4) is 0 Å². The van der Waals surface area contributed by atoms with E-state index in [0.29, 0.717) is 19.4 Å². The number of anilines is 1. The summed E-state index contributed by atoms with van der Waals surface area (Å²) < 4.78 is 76.1. The van der Waals surface area contributed by atoms with Crippen molar-refractivity contribution in [2.45, 2.75) is 38.9 Å². The number of amides is 1. The number of hydrogen-bond acceptors (Lipinski definition) is 6. The van der Waals surface area contributed by atoms with Crippen molar-refractivity contribution < 1.29 is 31.5 Å². The van der Waals surface area contributed by atoms with Crippen LogP contribution in [0.25, 0.3) is 16.9 Å². The average Bonchev–Trinajstić information content (AvgIpc) is 3.24. The molecule has 1 aromatic carbocycles. The molecule has 14 heteroatoms. The van der Waals surface area contributed by atoms with Gasteiger partial charge in [0.2, 0.25) is 5.91 Å². The predicted molar refractivity (Wildman–Crippen MR) is 118 cm³/mol. The van der Waals surface area contributed by atoms with Gasteiger partial charge in [0, 0.05) is 32.1 Å². The minimum absolute atomic E-state index is 0.0504. The number of hydrogen-bond donors (Lipinski definition) is 1. The van der Waals surface area contributed by atoms with E-state index in [1.807, 2.05) is 0 Å². The zero-order valence-corrected chi connectivity index (χ0v) is 19.7. The standard InChI is InChI=1S/C21H22ClF5N6O2/c1-4-15(34)32(3)6-5-7-35-12-8-13(23)16(14(24)9-12)17-18(22)31-20-28-10-29-33(20)19(17)30-11(2)21(25,26)27/h8-11,30H,4-7H2,1-3H3/t11-/m0/s1. The zero-order valence-electron chi connectivity index (χ0n) is 19.0. The second kappa shape index (κ2) is 10.6. The lowest BCUT2D eigenvalue weighted by atomic mass is 10.1. The molecule has 3 rings (SSSR count). The first kappa shape index (κ1) is 26.4. The van der Waals surface area contributed by atoms with Gasteiger partial charge in [-0.2, -0.15) is 32.8 Å². The normalized spacial score (nSPS) is 12.6. The lowest BCUT2D eigenvalue weighted by Gasteiger charge is -2.22. The Morgan fingerprint density at radius 3 is 2.51 bits per heavy atom. The summed E-state index contributed by atoms with van der Waals surface area (Å²) in [5.41, 5.74) is -1.17. The third-order valence-corrected chi connectivity index (χ3v) is 5.40. The third kappa shape index (κ3) is 5.89. The highest BCUT2D eigenvalue weighted by atomic mass is 35.5. The molecule has 0 aliphatic heterocycles. The number of alkyl halides is 3. The molecule has 0 radical (unpaired) electrons. The Morgan fingerprint density at radius 2 is 1.91 bits per heavy atom. The van der Waals surface area contributed by atoms with Gasteiger partial charge in [-0.3, -0.25) is 4.79 Å². The molecule has 3 aromatic rings. The van der Waals surface area contributed by atoms with E-state index in [0.717, 1.165) is 29.9 Å². The summed E-state index contributed by atoms with van der Waals surface area (Å²) in [5, 5.41) is 5.49. The van der Waals surface area contributed by atoms with E-state index in [-0.39, 0.29) is 24.0 Å². The van der Waals surface area contributed by atoms with Crippen molar-refractivity contribution in [1.82, 2.24) is 24.5 Å². The maximum absolute atomic E-state index is 15.1. The molecule has 1 amide bonds. The van der Waals surface area contributed by atoms with E-state index >= 15 is 8.78 Å². The van der Waals surface area contributed by atoms with Gasteiger partial charge in [-0.15, -0.1) is 0 Å². The van der Waals surface area contributed by atoms with Crippen molar-refractivity contribution >= 4 is 29.1 Å². The monoisotopic (exact) mass is 520 g/mol. The van der Waals surface area contributed by atoms with Gasteiger partial charge in [0.25, 0.3) is 5.78 Å². The molecule has 2 heterocycles. The fourth-order valence-corrected chi connectivity index (χ4v) is 3.48. The van der Waals surface area contributed by atoms with E-state index in [1.54, 1.807) is 14.0 Å². The van der Waals surface area contributed by atoms with Crippen molar-refractivity contribution in [3.8, 4) is 16.9 Å². The first-order valence-corrected chi connectivity index (χ1v) is 10.9. The highest BCUT2D eigenvalue weighted by molar-refractivity contribution is 6.33. The highest BCUT2D eigenvalue weighted by Crippen LogP contribution is 2.39. The van der Waals surface area contributed by atoms with Crippen LogP contribution < -0.4 is 10.1 Å². The summed E-state index contributed by atoms with van der Waals surface area (Å²) in [7, 11) is 1.63. The number of aromatic nitrogens is 4. The summed E-state index contributed by atoms with van der Waals surface area (Å²) in [5.74, 6) is -3.06. The van der Waals surface area contributed by atoms with Crippen molar-refractivity contribution in [3.05, 3.63) is 35.2 Å². The molecule has 2 aromatic heterocycles. The van der Waals surface area contributed by atoms with Crippen LogP contribution >= 0.6 is 11.6 Å². The largest absolute Gasteiger partial charge is 0.493 e. The van der Waals surface area contributed by atoms with Crippen molar-refractivity contribution in [2.24, 2.45) is 0 Å². The fraction of sp³-hybridized carbons (Fsp3) is 0.429. The van der Waals surface area contributed by atoms with Crippen molar-refractivity contribution in [3.63, 3.8) is 0 Å². The van der Waals surface area contributed by atoms with Gasteiger partial charge in [0.05, 0.1) is 17.7 Å². The molecule has 190 valence electrons. The summed E-state index contributed by atoms with van der Waals surface area (Å²) in [6.07, 6.45) is -2.90. The molecule has 0 saturated heterocycles. The fourth-order valence-electron chi connectivity index (χ4n) is 3.22. The zero-order chi connectivity index (χ0) is 25.9. The molecule has 0 spiro atoms. The molecule has 0 unspecified atom stereocenters. The van der Waals surface area contributed by atoms with Gasteiger partial charge < -0.3 is 15.0 Å². The highest BCUT2D eigenvalue weighted by Gasteiger charge is 2.37. The topological polar surface area (TPSA) is 84.7 Å². The molecule has 1 N–H and O–H groups in total. The Kier molecular flexibility index (Phi) is 7.98. The van der Waals surface area contributed by atoms with E-state index in [4.69, 9.17) is 16.3 Å². The quantitative estimate of drug-likeness (QED) is 0.250. The number of carbonyl (C=O) groups excluding carboxylic acids is 1. The van der Waals surface area contributed by atoms with Gasteiger partial charge in [-0.05, 0) is 13.3 Å². The Labute approximate surface area is 202 Å². The number of ether oxygens (including phenoxy) is 1. The first-order valence-electron chi connectivity index (χ1n) is 10.5. The van der Waals surface area contributed by atoms with Crippen LogP contribution in [0.1, 0.15) is 26.7 Å². The Morgan fingerprint density at radius 1 is 1.26 bits per heavy atom. The maximum atomic E-state index is 15.1. The number of rotatable bonds is 9. The molecule has 0 bridgehead atoms. The Bertz CT molecular complexity index is 1200. The third-order valence-electron chi connectivity index (χ3n) is 5.13. The number of halogens is 6. The second-order valence-corrected chi connectivity index (χ2v) is 8.00. The van der Waals surface area contributed by atoms with Gasteiger partial charge in [-0.1, -0.05) is 18.5 Å². The summed E-state index contributed by atoms with van der Waals surface area (Å²) >= 11 is 6.14. The smallest absolute Gasteiger partial charge is 0.408 e. The number of carbonyl (C=O) groups is 1. The Balaban J connectivity index is 1.93. The number of nitrogens with zero attached hydrogens (tertiary/aromatic N) is 5. The van der Waals surface area contributed by atoms with E-state index in [1.165, 1.54) is 4.90 Å². The van der Waals surface area contributed by atoms with Crippen LogP contribution in [0.2, 0.25) is 5.15 Å². The van der Waals surface area contributed by atoms with E-state index < -0.39 is 46.0 Å². The van der Waals surface area contributed by atoms with Gasteiger partial charge in [0.1, 0.15) is 40.7 Å².